The van der Waals surface area contributed by atoms with Crippen LogP contribution in [0.4, 0.5) is 0 Å². The first-order valence-corrected chi connectivity index (χ1v) is 8.90. The molecule has 0 radical (unpaired) electrons. The summed E-state index contributed by atoms with van der Waals surface area (Å²) >= 11 is 0. The highest BCUT2D eigenvalue weighted by Crippen LogP contribution is 2.21. The van der Waals surface area contributed by atoms with Crippen LogP contribution in [0, 0.1) is 20.8 Å². The van der Waals surface area contributed by atoms with E-state index in [1.807, 2.05) is 6.92 Å². The summed E-state index contributed by atoms with van der Waals surface area (Å²) < 4.78 is 23.3. The van der Waals surface area contributed by atoms with Gasteiger partial charge in [0.05, 0.1) is 28.5 Å². The van der Waals surface area contributed by atoms with Crippen molar-refractivity contribution < 1.29 is 13.2 Å². The number of hydrogen-bond acceptors (Lipinski definition) is 5. The van der Waals surface area contributed by atoms with E-state index in [2.05, 4.69) is 9.97 Å². The molecule has 0 spiro atoms. The third kappa shape index (κ3) is 3.23. The van der Waals surface area contributed by atoms with Gasteiger partial charge in [-0.15, -0.1) is 0 Å². The molecule has 1 aliphatic rings. The van der Waals surface area contributed by atoms with Crippen molar-refractivity contribution in [3.05, 3.63) is 22.8 Å². The number of carbonyl (C=O) groups excluding carboxylic acids is 1. The van der Waals surface area contributed by atoms with Gasteiger partial charge in [0.25, 0.3) is 5.91 Å². The van der Waals surface area contributed by atoms with Crippen molar-refractivity contribution >= 4 is 15.7 Å². The summed E-state index contributed by atoms with van der Waals surface area (Å²) in [7, 11) is -3.02. The molecule has 1 aromatic heterocycles. The maximum atomic E-state index is 12.8. The maximum absolute atomic E-state index is 12.8. The van der Waals surface area contributed by atoms with Gasteiger partial charge in [0.1, 0.15) is 5.82 Å². The highest BCUT2D eigenvalue weighted by Gasteiger charge is 2.35. The van der Waals surface area contributed by atoms with Crippen molar-refractivity contribution in [3.63, 3.8) is 0 Å². The molecule has 0 aromatic carbocycles. The third-order valence-electron chi connectivity index (χ3n) is 3.85. The second-order valence-electron chi connectivity index (χ2n) is 5.46. The monoisotopic (exact) mass is 311 g/mol. The smallest absolute Gasteiger partial charge is 0.257 e. The summed E-state index contributed by atoms with van der Waals surface area (Å²) in [5.41, 5.74) is 1.78. The Morgan fingerprint density at radius 1 is 1.24 bits per heavy atom. The molecular weight excluding hydrogens is 290 g/mol. The summed E-state index contributed by atoms with van der Waals surface area (Å²) in [6, 6.07) is -0.243. The first-order chi connectivity index (χ1) is 9.75. The molecule has 21 heavy (non-hydrogen) atoms. The first-order valence-electron chi connectivity index (χ1n) is 7.08. The molecule has 1 aromatic rings. The lowest BCUT2D eigenvalue weighted by Gasteiger charge is -2.27. The minimum Gasteiger partial charge on any atom is -0.335 e. The van der Waals surface area contributed by atoms with Gasteiger partial charge in [-0.25, -0.2) is 18.4 Å². The molecule has 0 aliphatic carbocycles. The van der Waals surface area contributed by atoms with Crippen molar-refractivity contribution in [3.8, 4) is 0 Å². The van der Waals surface area contributed by atoms with E-state index in [0.717, 1.165) is 0 Å². The Labute approximate surface area is 125 Å². The SMILES string of the molecule is CCN(C(=O)c1c(C)nc(C)nc1C)C1CCS(=O)(=O)C1. The van der Waals surface area contributed by atoms with Gasteiger partial charge in [-0.1, -0.05) is 0 Å². The number of carbonyl (C=O) groups is 1. The number of sulfone groups is 1. The fraction of sp³-hybridized carbons (Fsp3) is 0.643. The Kier molecular flexibility index (Phi) is 4.32. The minimum atomic E-state index is -3.02. The largest absolute Gasteiger partial charge is 0.335 e. The third-order valence-corrected chi connectivity index (χ3v) is 5.60. The molecule has 0 N–H and O–H groups in total. The number of aromatic nitrogens is 2. The molecule has 1 amide bonds. The van der Waals surface area contributed by atoms with Crippen LogP contribution in [0.25, 0.3) is 0 Å². The average Bonchev–Trinajstić information content (AvgIpc) is 2.69. The van der Waals surface area contributed by atoms with E-state index in [4.69, 9.17) is 0 Å². The van der Waals surface area contributed by atoms with Crippen molar-refractivity contribution in [1.29, 1.82) is 0 Å². The van der Waals surface area contributed by atoms with Crippen LogP contribution < -0.4 is 0 Å². The van der Waals surface area contributed by atoms with E-state index in [9.17, 15) is 13.2 Å². The van der Waals surface area contributed by atoms with E-state index in [-0.39, 0.29) is 23.5 Å². The Morgan fingerprint density at radius 3 is 2.24 bits per heavy atom. The molecule has 2 heterocycles. The predicted octanol–water partition coefficient (Wildman–Crippen LogP) is 1.05. The maximum Gasteiger partial charge on any atom is 0.257 e. The van der Waals surface area contributed by atoms with Crippen LogP contribution in [0.15, 0.2) is 0 Å². The Morgan fingerprint density at radius 2 is 1.81 bits per heavy atom. The van der Waals surface area contributed by atoms with Crippen molar-refractivity contribution in [1.82, 2.24) is 14.9 Å². The fourth-order valence-electron chi connectivity index (χ4n) is 2.93. The molecule has 0 saturated carbocycles. The van der Waals surface area contributed by atoms with Gasteiger partial charge >= 0.3 is 0 Å². The topological polar surface area (TPSA) is 80.2 Å². The summed E-state index contributed by atoms with van der Waals surface area (Å²) in [6.45, 7) is 7.70. The summed E-state index contributed by atoms with van der Waals surface area (Å²) in [4.78, 5) is 22.9. The molecule has 1 fully saturated rings. The lowest BCUT2D eigenvalue weighted by molar-refractivity contribution is 0.0705. The van der Waals surface area contributed by atoms with E-state index < -0.39 is 9.84 Å². The van der Waals surface area contributed by atoms with Crippen LogP contribution in [0.1, 0.15) is 40.9 Å². The number of amides is 1. The van der Waals surface area contributed by atoms with Crippen LogP contribution in [0.2, 0.25) is 0 Å². The van der Waals surface area contributed by atoms with E-state index in [1.165, 1.54) is 0 Å². The highest BCUT2D eigenvalue weighted by molar-refractivity contribution is 7.91. The molecule has 7 heteroatoms. The quantitative estimate of drug-likeness (QED) is 0.833. The molecule has 1 saturated heterocycles. The molecular formula is C14H21N3O3S. The molecule has 1 aliphatic heterocycles. The van der Waals surface area contributed by atoms with Gasteiger partial charge in [-0.05, 0) is 34.1 Å². The fourth-order valence-corrected chi connectivity index (χ4v) is 4.66. The Balaban J connectivity index is 2.34. The highest BCUT2D eigenvalue weighted by atomic mass is 32.2. The van der Waals surface area contributed by atoms with Crippen molar-refractivity contribution in [2.75, 3.05) is 18.1 Å². The van der Waals surface area contributed by atoms with Crippen molar-refractivity contribution in [2.45, 2.75) is 40.2 Å². The van der Waals surface area contributed by atoms with Crippen LogP contribution in [-0.2, 0) is 9.84 Å². The predicted molar refractivity (Wildman–Crippen MR) is 80.0 cm³/mol. The zero-order valence-electron chi connectivity index (χ0n) is 12.9. The number of hydrogen-bond donors (Lipinski definition) is 0. The summed E-state index contributed by atoms with van der Waals surface area (Å²) in [5, 5.41) is 0. The number of nitrogens with zero attached hydrogens (tertiary/aromatic N) is 3. The molecule has 1 atom stereocenters. The van der Waals surface area contributed by atoms with Gasteiger partial charge in [0, 0.05) is 12.6 Å². The number of rotatable bonds is 3. The molecule has 116 valence electrons. The lowest BCUT2D eigenvalue weighted by Crippen LogP contribution is -2.41. The minimum absolute atomic E-state index is 0.0530. The van der Waals surface area contributed by atoms with Gasteiger partial charge in [-0.3, -0.25) is 4.79 Å². The normalized spacial score (nSPS) is 20.5. The van der Waals surface area contributed by atoms with Crippen LogP contribution in [0.5, 0.6) is 0 Å². The Bertz CT molecular complexity index is 647. The number of aryl methyl sites for hydroxylation is 3. The van der Waals surface area contributed by atoms with Crippen LogP contribution >= 0.6 is 0 Å². The molecule has 6 nitrogen and oxygen atoms in total. The summed E-state index contributed by atoms with van der Waals surface area (Å²) in [6.07, 6.45) is 0.507. The second-order valence-corrected chi connectivity index (χ2v) is 7.69. The molecule has 2 rings (SSSR count). The zero-order chi connectivity index (χ0) is 15.8. The summed E-state index contributed by atoms with van der Waals surface area (Å²) in [5.74, 6) is 0.670. The van der Waals surface area contributed by atoms with E-state index >= 15 is 0 Å². The van der Waals surface area contributed by atoms with Crippen LogP contribution in [-0.4, -0.2) is 53.3 Å². The van der Waals surface area contributed by atoms with Gasteiger partial charge in [0.2, 0.25) is 0 Å². The van der Waals surface area contributed by atoms with Gasteiger partial charge in [-0.2, -0.15) is 0 Å². The lowest BCUT2D eigenvalue weighted by atomic mass is 10.1. The van der Waals surface area contributed by atoms with Crippen LogP contribution in [0.3, 0.4) is 0 Å². The van der Waals surface area contributed by atoms with E-state index in [1.54, 1.807) is 25.7 Å². The molecule has 0 bridgehead atoms. The van der Waals surface area contributed by atoms with E-state index in [0.29, 0.717) is 35.7 Å². The van der Waals surface area contributed by atoms with Gasteiger partial charge in [0.15, 0.2) is 9.84 Å². The average molecular weight is 311 g/mol. The van der Waals surface area contributed by atoms with Crippen molar-refractivity contribution in [2.24, 2.45) is 0 Å². The molecule has 1 unspecified atom stereocenters. The first kappa shape index (κ1) is 15.9. The zero-order valence-corrected chi connectivity index (χ0v) is 13.7. The second kappa shape index (κ2) is 5.71. The van der Waals surface area contributed by atoms with Gasteiger partial charge < -0.3 is 4.90 Å². The standard InChI is InChI=1S/C14H21N3O3S/c1-5-17(12-6-7-21(19,20)8-12)14(18)13-9(2)15-11(4)16-10(13)3/h12H,5-8H2,1-4H3. The Hall–Kier alpha value is -1.50.